The first-order valence-electron chi connectivity index (χ1n) is 10.5. The van der Waals surface area contributed by atoms with E-state index < -0.39 is 29.4 Å². The molecule has 0 atom stereocenters. The number of carbonyl (C=O) groups excluding carboxylic acids is 1. The third-order valence-electron chi connectivity index (χ3n) is 5.38. The summed E-state index contributed by atoms with van der Waals surface area (Å²) in [5.41, 5.74) is -2.38. The van der Waals surface area contributed by atoms with E-state index in [0.717, 1.165) is 23.1 Å². The summed E-state index contributed by atoms with van der Waals surface area (Å²) in [6.07, 6.45) is -6.70. The van der Waals surface area contributed by atoms with Gasteiger partial charge >= 0.3 is 18.3 Å². The van der Waals surface area contributed by atoms with Gasteiger partial charge in [-0.3, -0.25) is 14.5 Å². The zero-order chi connectivity index (χ0) is 26.8. The molecular formula is C23H19F6NO3S3. The van der Waals surface area contributed by atoms with Crippen LogP contribution in [0, 0.1) is 6.92 Å². The quantitative estimate of drug-likeness (QED) is 0.154. The Morgan fingerprint density at radius 2 is 1.67 bits per heavy atom. The predicted molar refractivity (Wildman–Crippen MR) is 130 cm³/mol. The lowest BCUT2D eigenvalue weighted by Gasteiger charge is -2.14. The number of hydrogen-bond donors (Lipinski definition) is 1. The molecule has 1 aromatic heterocycles. The van der Waals surface area contributed by atoms with Gasteiger partial charge in [0.15, 0.2) is 0 Å². The zero-order valence-electron chi connectivity index (χ0n) is 18.6. The molecule has 13 heteroatoms. The van der Waals surface area contributed by atoms with Gasteiger partial charge in [-0.15, -0.1) is 11.3 Å². The number of halogens is 6. The number of hydrogen-bond acceptors (Lipinski definition) is 5. The van der Waals surface area contributed by atoms with Crippen LogP contribution in [-0.4, -0.2) is 32.7 Å². The van der Waals surface area contributed by atoms with Gasteiger partial charge in [0.05, 0.1) is 16.0 Å². The van der Waals surface area contributed by atoms with Crippen LogP contribution in [0.2, 0.25) is 0 Å². The van der Waals surface area contributed by atoms with Crippen molar-refractivity contribution in [3.05, 3.63) is 50.1 Å². The van der Waals surface area contributed by atoms with Crippen LogP contribution in [0.4, 0.5) is 26.3 Å². The Kier molecular flexibility index (Phi) is 8.56. The lowest BCUT2D eigenvalue weighted by atomic mass is 9.98. The Bertz CT molecular complexity index is 1180. The van der Waals surface area contributed by atoms with Gasteiger partial charge in [0.2, 0.25) is 0 Å². The molecule has 1 aliphatic rings. The van der Waals surface area contributed by atoms with Crippen LogP contribution in [0.25, 0.3) is 17.2 Å². The number of alkyl halides is 6. The number of rotatable bonds is 8. The van der Waals surface area contributed by atoms with E-state index in [0.29, 0.717) is 57.6 Å². The van der Waals surface area contributed by atoms with Crippen molar-refractivity contribution in [2.75, 3.05) is 6.54 Å². The lowest BCUT2D eigenvalue weighted by molar-refractivity contribution is -0.143. The van der Waals surface area contributed by atoms with Crippen LogP contribution < -0.4 is 0 Å². The maximum absolute atomic E-state index is 13.3. The molecular weight excluding hydrogens is 548 g/mol. The summed E-state index contributed by atoms with van der Waals surface area (Å²) >= 11 is 7.42. The fraction of sp³-hybridized carbons (Fsp3) is 0.348. The highest BCUT2D eigenvalue weighted by atomic mass is 32.2. The number of aliphatic carboxylic acids is 1. The SMILES string of the molecule is Cc1c(-c2cc(C(F)(F)F)cc(C(F)(F)F)c2)csc1/C=C1\SC(=S)N(CCCCCC(=O)O)C1=O. The number of thioether (sulfide) groups is 1. The Hall–Kier alpha value is -2.38. The molecule has 2 heterocycles. The van der Waals surface area contributed by atoms with Crippen molar-refractivity contribution in [1.29, 1.82) is 0 Å². The molecule has 1 fully saturated rings. The number of nitrogens with zero attached hydrogens (tertiary/aromatic N) is 1. The zero-order valence-corrected chi connectivity index (χ0v) is 21.1. The van der Waals surface area contributed by atoms with E-state index in [2.05, 4.69) is 0 Å². The summed E-state index contributed by atoms with van der Waals surface area (Å²) in [4.78, 5) is 25.6. The van der Waals surface area contributed by atoms with Crippen LogP contribution in [-0.2, 0) is 21.9 Å². The minimum atomic E-state index is -4.95. The van der Waals surface area contributed by atoms with Gasteiger partial charge in [-0.05, 0) is 66.1 Å². The van der Waals surface area contributed by atoms with Gasteiger partial charge < -0.3 is 5.11 Å². The smallest absolute Gasteiger partial charge is 0.416 e. The molecule has 4 nitrogen and oxygen atoms in total. The van der Waals surface area contributed by atoms with Crippen molar-refractivity contribution in [2.24, 2.45) is 0 Å². The third-order valence-corrected chi connectivity index (χ3v) is 7.79. The minimum absolute atomic E-state index is 0.0363. The van der Waals surface area contributed by atoms with Crippen molar-refractivity contribution in [3.8, 4) is 11.1 Å². The molecule has 0 unspecified atom stereocenters. The standard InChI is InChI=1S/C23H19F6NO3S3/c1-12-16(13-7-14(22(24,25)26)9-15(8-13)23(27,28)29)11-35-17(12)10-18-20(33)30(21(34)36-18)6-4-2-3-5-19(31)32/h7-11H,2-6H2,1H3,(H,31,32)/b18-10-. The summed E-state index contributed by atoms with van der Waals surface area (Å²) in [6, 6.07) is 1.44. The van der Waals surface area contributed by atoms with Crippen molar-refractivity contribution in [3.63, 3.8) is 0 Å². The van der Waals surface area contributed by atoms with Crippen molar-refractivity contribution in [1.82, 2.24) is 4.90 Å². The second-order valence-corrected chi connectivity index (χ2v) is 10.6. The second kappa shape index (κ2) is 10.9. The first-order valence-corrected chi connectivity index (χ1v) is 12.6. The van der Waals surface area contributed by atoms with Gasteiger partial charge in [-0.25, -0.2) is 0 Å². The monoisotopic (exact) mass is 567 g/mol. The molecule has 36 heavy (non-hydrogen) atoms. The third kappa shape index (κ3) is 6.68. The Morgan fingerprint density at radius 3 is 2.22 bits per heavy atom. The lowest BCUT2D eigenvalue weighted by Crippen LogP contribution is -2.29. The van der Waals surface area contributed by atoms with Gasteiger partial charge in [0.1, 0.15) is 4.32 Å². The molecule has 0 saturated carbocycles. The van der Waals surface area contributed by atoms with Crippen LogP contribution in [0.5, 0.6) is 0 Å². The molecule has 1 aliphatic heterocycles. The predicted octanol–water partition coefficient (Wildman–Crippen LogP) is 7.61. The van der Waals surface area contributed by atoms with E-state index in [1.807, 2.05) is 0 Å². The Morgan fingerprint density at radius 1 is 1.06 bits per heavy atom. The van der Waals surface area contributed by atoms with E-state index in [4.69, 9.17) is 17.3 Å². The Balaban J connectivity index is 1.84. The van der Waals surface area contributed by atoms with E-state index in [1.54, 1.807) is 6.92 Å². The van der Waals surface area contributed by atoms with E-state index >= 15 is 0 Å². The number of amides is 1. The minimum Gasteiger partial charge on any atom is -0.481 e. The normalized spacial score (nSPS) is 15.9. The number of carboxylic acid groups (broad SMARTS) is 1. The van der Waals surface area contributed by atoms with E-state index in [-0.39, 0.29) is 29.5 Å². The summed E-state index contributed by atoms with van der Waals surface area (Å²) < 4.78 is 79.8. The maximum atomic E-state index is 13.3. The molecule has 1 aromatic carbocycles. The molecule has 1 amide bonds. The highest BCUT2D eigenvalue weighted by Gasteiger charge is 2.37. The van der Waals surface area contributed by atoms with Gasteiger partial charge in [0, 0.05) is 17.8 Å². The summed E-state index contributed by atoms with van der Waals surface area (Å²) in [7, 11) is 0. The van der Waals surface area contributed by atoms with Gasteiger partial charge in [-0.2, -0.15) is 26.3 Å². The average Bonchev–Trinajstić information content (AvgIpc) is 3.25. The van der Waals surface area contributed by atoms with Crippen LogP contribution in [0.1, 0.15) is 47.3 Å². The van der Waals surface area contributed by atoms with Crippen molar-refractivity contribution in [2.45, 2.75) is 45.0 Å². The van der Waals surface area contributed by atoms with Crippen molar-refractivity contribution >= 4 is 57.6 Å². The van der Waals surface area contributed by atoms with Crippen LogP contribution in [0.15, 0.2) is 28.5 Å². The average molecular weight is 568 g/mol. The van der Waals surface area contributed by atoms with Crippen LogP contribution in [0.3, 0.4) is 0 Å². The first-order chi connectivity index (χ1) is 16.7. The summed E-state index contributed by atoms with van der Waals surface area (Å²) in [5, 5.41) is 10.1. The molecule has 3 rings (SSSR count). The highest BCUT2D eigenvalue weighted by molar-refractivity contribution is 8.26. The topological polar surface area (TPSA) is 57.6 Å². The maximum Gasteiger partial charge on any atom is 0.416 e. The summed E-state index contributed by atoms with van der Waals surface area (Å²) in [6.45, 7) is 1.88. The first kappa shape index (κ1) is 28.2. The number of benzene rings is 1. The number of carboxylic acids is 1. The molecule has 0 bridgehead atoms. The van der Waals surface area contributed by atoms with Gasteiger partial charge in [0.25, 0.3) is 5.91 Å². The molecule has 1 saturated heterocycles. The fourth-order valence-corrected chi connectivity index (χ4v) is 5.90. The largest absolute Gasteiger partial charge is 0.481 e. The van der Waals surface area contributed by atoms with Crippen molar-refractivity contribution < 1.29 is 41.0 Å². The molecule has 2 aromatic rings. The number of unbranched alkanes of at least 4 members (excludes halogenated alkanes) is 2. The second-order valence-electron chi connectivity index (χ2n) is 7.97. The van der Waals surface area contributed by atoms with Crippen LogP contribution >= 0.6 is 35.3 Å². The fourth-order valence-electron chi connectivity index (χ4n) is 3.50. The van der Waals surface area contributed by atoms with Gasteiger partial charge in [-0.1, -0.05) is 30.4 Å². The molecule has 0 spiro atoms. The number of thiocarbonyl (C=S) groups is 1. The number of thiophene rings is 1. The number of carbonyl (C=O) groups is 2. The molecule has 0 aliphatic carbocycles. The molecule has 0 radical (unpaired) electrons. The Labute approximate surface area is 216 Å². The van der Waals surface area contributed by atoms with E-state index in [1.165, 1.54) is 16.4 Å². The molecule has 1 N–H and O–H groups in total. The van der Waals surface area contributed by atoms with E-state index in [9.17, 15) is 35.9 Å². The highest BCUT2D eigenvalue weighted by Crippen LogP contribution is 2.42. The summed E-state index contributed by atoms with van der Waals surface area (Å²) in [5.74, 6) is -1.25. The molecule has 194 valence electrons.